The summed E-state index contributed by atoms with van der Waals surface area (Å²) >= 11 is 0. The van der Waals surface area contributed by atoms with Gasteiger partial charge < -0.3 is 16.0 Å². The number of amides is 3. The number of rotatable bonds is 5. The monoisotopic (exact) mass is 295 g/mol. The van der Waals surface area contributed by atoms with Crippen LogP contribution in [0.1, 0.15) is 26.3 Å². The molecule has 0 spiro atoms. The van der Waals surface area contributed by atoms with Crippen molar-refractivity contribution in [3.63, 3.8) is 0 Å². The third-order valence-corrected chi connectivity index (χ3v) is 2.56. The number of halogens is 1. The van der Waals surface area contributed by atoms with Crippen LogP contribution in [0.3, 0.4) is 0 Å². The van der Waals surface area contributed by atoms with E-state index in [0.717, 1.165) is 0 Å². The summed E-state index contributed by atoms with van der Waals surface area (Å²) < 4.78 is 13.3. The molecule has 6 heteroatoms. The average molecular weight is 295 g/mol. The standard InChI is InChI=1S/C15H22FN3O2/c1-15(2,3)19-13(20)10-18-14(21)17-9-8-11-6-4-5-7-12(11)16/h4-7H,8-10H2,1-3H3,(H,19,20)(H2,17,18,21). The zero-order valence-electron chi connectivity index (χ0n) is 12.6. The van der Waals surface area contributed by atoms with E-state index < -0.39 is 6.03 Å². The van der Waals surface area contributed by atoms with E-state index in [0.29, 0.717) is 18.5 Å². The Bertz CT molecular complexity index is 498. The number of benzene rings is 1. The molecule has 0 radical (unpaired) electrons. The molecule has 0 atom stereocenters. The zero-order chi connectivity index (χ0) is 15.9. The number of nitrogens with one attached hydrogen (secondary N) is 3. The van der Waals surface area contributed by atoms with Gasteiger partial charge in [0.05, 0.1) is 6.54 Å². The van der Waals surface area contributed by atoms with Crippen LogP contribution in [0.25, 0.3) is 0 Å². The molecule has 0 saturated heterocycles. The van der Waals surface area contributed by atoms with Crippen LogP contribution >= 0.6 is 0 Å². The van der Waals surface area contributed by atoms with Gasteiger partial charge in [0.15, 0.2) is 0 Å². The van der Waals surface area contributed by atoms with Gasteiger partial charge in [-0.3, -0.25) is 4.79 Å². The lowest BCUT2D eigenvalue weighted by Gasteiger charge is -2.20. The highest BCUT2D eigenvalue weighted by molar-refractivity contribution is 5.84. The fourth-order valence-corrected chi connectivity index (χ4v) is 1.70. The van der Waals surface area contributed by atoms with Crippen LogP contribution in [0.5, 0.6) is 0 Å². The Morgan fingerprint density at radius 2 is 1.81 bits per heavy atom. The van der Waals surface area contributed by atoms with Gasteiger partial charge in [-0.05, 0) is 38.8 Å². The first-order valence-corrected chi connectivity index (χ1v) is 6.84. The predicted molar refractivity (Wildman–Crippen MR) is 79.4 cm³/mol. The molecule has 0 unspecified atom stereocenters. The smallest absolute Gasteiger partial charge is 0.315 e. The minimum Gasteiger partial charge on any atom is -0.350 e. The van der Waals surface area contributed by atoms with Crippen molar-refractivity contribution < 1.29 is 14.0 Å². The molecule has 1 aromatic carbocycles. The maximum atomic E-state index is 13.3. The predicted octanol–water partition coefficient (Wildman–Crippen LogP) is 1.58. The molecule has 116 valence electrons. The molecule has 0 bridgehead atoms. The molecule has 0 fully saturated rings. The Hall–Kier alpha value is -2.11. The lowest BCUT2D eigenvalue weighted by molar-refractivity contribution is -0.121. The van der Waals surface area contributed by atoms with Gasteiger partial charge in [0.1, 0.15) is 5.82 Å². The van der Waals surface area contributed by atoms with Crippen LogP contribution in [0, 0.1) is 5.82 Å². The van der Waals surface area contributed by atoms with Gasteiger partial charge in [-0.25, -0.2) is 9.18 Å². The van der Waals surface area contributed by atoms with E-state index in [1.165, 1.54) is 6.07 Å². The summed E-state index contributed by atoms with van der Waals surface area (Å²) in [5.74, 6) is -0.545. The number of carbonyl (C=O) groups is 2. The highest BCUT2D eigenvalue weighted by Gasteiger charge is 2.13. The molecule has 0 aromatic heterocycles. The van der Waals surface area contributed by atoms with Crippen molar-refractivity contribution in [3.05, 3.63) is 35.6 Å². The normalized spacial score (nSPS) is 10.9. The maximum absolute atomic E-state index is 13.3. The molecule has 1 rings (SSSR count). The number of hydrogen-bond acceptors (Lipinski definition) is 2. The largest absolute Gasteiger partial charge is 0.350 e. The first kappa shape index (κ1) is 16.9. The van der Waals surface area contributed by atoms with Crippen molar-refractivity contribution in [1.29, 1.82) is 0 Å². The summed E-state index contributed by atoms with van der Waals surface area (Å²) in [6, 6.07) is 5.97. The summed E-state index contributed by atoms with van der Waals surface area (Å²) in [5, 5.41) is 7.76. The fraction of sp³-hybridized carbons (Fsp3) is 0.467. The molecule has 1 aromatic rings. The second-order valence-corrected chi connectivity index (χ2v) is 5.75. The second-order valence-electron chi connectivity index (χ2n) is 5.75. The van der Waals surface area contributed by atoms with Gasteiger partial charge in [0.25, 0.3) is 0 Å². The molecule has 5 nitrogen and oxygen atoms in total. The van der Waals surface area contributed by atoms with E-state index >= 15 is 0 Å². The van der Waals surface area contributed by atoms with Gasteiger partial charge in [-0.2, -0.15) is 0 Å². The molecule has 3 N–H and O–H groups in total. The SMILES string of the molecule is CC(C)(C)NC(=O)CNC(=O)NCCc1ccccc1F. The molecule has 0 aliphatic rings. The third kappa shape index (κ3) is 7.29. The number of carbonyl (C=O) groups excluding carboxylic acids is 2. The quantitative estimate of drug-likeness (QED) is 0.772. The summed E-state index contributed by atoms with van der Waals surface area (Å²) in [4.78, 5) is 23.0. The van der Waals surface area contributed by atoms with Crippen molar-refractivity contribution >= 4 is 11.9 Å². The van der Waals surface area contributed by atoms with Crippen molar-refractivity contribution in [2.45, 2.75) is 32.7 Å². The molecule has 0 aliphatic heterocycles. The van der Waals surface area contributed by atoms with Gasteiger partial charge in [-0.15, -0.1) is 0 Å². The van der Waals surface area contributed by atoms with Gasteiger partial charge >= 0.3 is 6.03 Å². The lowest BCUT2D eigenvalue weighted by atomic mass is 10.1. The Balaban J connectivity index is 2.23. The first-order chi connectivity index (χ1) is 9.78. The van der Waals surface area contributed by atoms with Crippen LogP contribution in [0.2, 0.25) is 0 Å². The van der Waals surface area contributed by atoms with Crippen LogP contribution in [0.15, 0.2) is 24.3 Å². The molecule has 0 saturated carbocycles. The molecule has 0 aliphatic carbocycles. The highest BCUT2D eigenvalue weighted by Crippen LogP contribution is 2.05. The van der Waals surface area contributed by atoms with Crippen molar-refractivity contribution in [1.82, 2.24) is 16.0 Å². The zero-order valence-corrected chi connectivity index (χ0v) is 12.6. The maximum Gasteiger partial charge on any atom is 0.315 e. The minimum atomic E-state index is -0.449. The molecular formula is C15H22FN3O2. The summed E-state index contributed by atoms with van der Waals surface area (Å²) in [7, 11) is 0. The Morgan fingerprint density at radius 1 is 1.14 bits per heavy atom. The van der Waals surface area contributed by atoms with Crippen LogP contribution in [0.4, 0.5) is 9.18 Å². The van der Waals surface area contributed by atoms with Gasteiger partial charge in [0.2, 0.25) is 5.91 Å². The van der Waals surface area contributed by atoms with Gasteiger partial charge in [0, 0.05) is 12.1 Å². The number of hydrogen-bond donors (Lipinski definition) is 3. The molecular weight excluding hydrogens is 273 g/mol. The molecule has 3 amide bonds. The Kier molecular flexibility index (Phi) is 6.14. The number of urea groups is 1. The summed E-state index contributed by atoms with van der Waals surface area (Å²) in [6.45, 7) is 5.79. The molecule has 21 heavy (non-hydrogen) atoms. The van der Waals surface area contributed by atoms with Crippen molar-refractivity contribution in [2.24, 2.45) is 0 Å². The van der Waals surface area contributed by atoms with E-state index in [2.05, 4.69) is 16.0 Å². The second kappa shape index (κ2) is 7.61. The minimum absolute atomic E-state index is 0.0944. The Morgan fingerprint density at radius 3 is 2.43 bits per heavy atom. The van der Waals surface area contributed by atoms with E-state index in [-0.39, 0.29) is 23.8 Å². The van der Waals surface area contributed by atoms with Crippen LogP contribution in [-0.4, -0.2) is 30.6 Å². The third-order valence-electron chi connectivity index (χ3n) is 2.56. The molecule has 0 heterocycles. The van der Waals surface area contributed by atoms with Crippen molar-refractivity contribution in [2.75, 3.05) is 13.1 Å². The fourth-order valence-electron chi connectivity index (χ4n) is 1.70. The van der Waals surface area contributed by atoms with E-state index in [9.17, 15) is 14.0 Å². The first-order valence-electron chi connectivity index (χ1n) is 6.84. The highest BCUT2D eigenvalue weighted by atomic mass is 19.1. The van der Waals surface area contributed by atoms with E-state index in [4.69, 9.17) is 0 Å². The Labute approximate surface area is 124 Å². The summed E-state index contributed by atoms with van der Waals surface area (Å²) in [5.41, 5.74) is 0.211. The van der Waals surface area contributed by atoms with Crippen LogP contribution in [-0.2, 0) is 11.2 Å². The lowest BCUT2D eigenvalue weighted by Crippen LogP contribution is -2.47. The van der Waals surface area contributed by atoms with Crippen molar-refractivity contribution in [3.8, 4) is 0 Å². The van der Waals surface area contributed by atoms with Gasteiger partial charge in [-0.1, -0.05) is 18.2 Å². The summed E-state index contributed by atoms with van der Waals surface area (Å²) in [6.07, 6.45) is 0.397. The average Bonchev–Trinajstić information content (AvgIpc) is 2.37. The topological polar surface area (TPSA) is 70.2 Å². The van der Waals surface area contributed by atoms with Crippen LogP contribution < -0.4 is 16.0 Å². The van der Waals surface area contributed by atoms with E-state index in [1.54, 1.807) is 18.2 Å². The van der Waals surface area contributed by atoms with E-state index in [1.807, 2.05) is 20.8 Å².